The lowest BCUT2D eigenvalue weighted by Crippen LogP contribution is -2.58. The third-order valence-electron chi connectivity index (χ3n) is 3.06. The summed E-state index contributed by atoms with van der Waals surface area (Å²) >= 11 is 0. The Hall–Kier alpha value is -1.31. The maximum atomic E-state index is 11.6. The minimum Gasteiger partial charge on any atom is -0.337 e. The van der Waals surface area contributed by atoms with Crippen molar-refractivity contribution in [1.29, 1.82) is 0 Å². The van der Waals surface area contributed by atoms with Gasteiger partial charge in [-0.15, -0.1) is 0 Å². The zero-order valence-electron chi connectivity index (χ0n) is 8.82. The van der Waals surface area contributed by atoms with Crippen LogP contribution in [0.2, 0.25) is 0 Å². The number of carbonyl (C=O) groups excluding carboxylic acids is 1. The lowest BCUT2D eigenvalue weighted by atomic mass is 9.71. The zero-order valence-corrected chi connectivity index (χ0v) is 8.82. The number of benzene rings is 1. The van der Waals surface area contributed by atoms with Crippen molar-refractivity contribution in [3.05, 3.63) is 35.9 Å². The number of hydrogen-bond donors (Lipinski definition) is 0. The van der Waals surface area contributed by atoms with Crippen molar-refractivity contribution in [3.8, 4) is 0 Å². The summed E-state index contributed by atoms with van der Waals surface area (Å²) < 4.78 is 0. The Bertz CT molecular complexity index is 356. The molecule has 0 radical (unpaired) electrons. The zero-order chi connectivity index (χ0) is 10.3. The summed E-state index contributed by atoms with van der Waals surface area (Å²) in [5.74, 6) is 0.228. The molecule has 1 aromatic carbocycles. The molecule has 0 aromatic heterocycles. The van der Waals surface area contributed by atoms with Crippen LogP contribution in [0.15, 0.2) is 30.3 Å². The van der Waals surface area contributed by atoms with Gasteiger partial charge in [0.05, 0.1) is 11.5 Å². The summed E-state index contributed by atoms with van der Waals surface area (Å²) in [5.41, 5.74) is 0.982. The van der Waals surface area contributed by atoms with Crippen LogP contribution in [0.5, 0.6) is 0 Å². The molecular weight excluding hydrogens is 174 g/mol. The number of amides is 1. The van der Waals surface area contributed by atoms with Crippen molar-refractivity contribution >= 4 is 5.91 Å². The first-order chi connectivity index (χ1) is 6.55. The third-order valence-corrected chi connectivity index (χ3v) is 3.06. The van der Waals surface area contributed by atoms with Crippen LogP contribution < -0.4 is 0 Å². The van der Waals surface area contributed by atoms with Gasteiger partial charge in [-0.1, -0.05) is 30.3 Å². The largest absolute Gasteiger partial charge is 0.337 e. The second kappa shape index (κ2) is 2.84. The summed E-state index contributed by atoms with van der Waals surface area (Å²) in [4.78, 5) is 13.4. The molecule has 1 atom stereocenters. The van der Waals surface area contributed by atoms with Gasteiger partial charge in [0, 0.05) is 7.05 Å². The topological polar surface area (TPSA) is 20.3 Å². The maximum absolute atomic E-state index is 11.6. The molecular formula is C12H15NO. The normalized spacial score (nSPS) is 24.6. The van der Waals surface area contributed by atoms with Gasteiger partial charge in [0.25, 0.3) is 0 Å². The standard InChI is InChI=1S/C12H15NO/c1-12(2)10(13(3)11(12)14)9-7-5-4-6-8-9/h4-8,10H,1-3H3/t10-/m0/s1. The summed E-state index contributed by atoms with van der Waals surface area (Å²) in [5, 5.41) is 0. The molecule has 2 rings (SSSR count). The molecule has 2 nitrogen and oxygen atoms in total. The number of hydrogen-bond acceptors (Lipinski definition) is 1. The Kier molecular flexibility index (Phi) is 1.88. The van der Waals surface area contributed by atoms with E-state index in [4.69, 9.17) is 0 Å². The first-order valence-electron chi connectivity index (χ1n) is 4.87. The first-order valence-corrected chi connectivity index (χ1v) is 4.87. The van der Waals surface area contributed by atoms with Crippen LogP contribution in [0, 0.1) is 5.41 Å². The molecule has 0 saturated carbocycles. The lowest BCUT2D eigenvalue weighted by Gasteiger charge is -2.51. The summed E-state index contributed by atoms with van der Waals surface area (Å²) in [6, 6.07) is 10.4. The van der Waals surface area contributed by atoms with Crippen molar-refractivity contribution < 1.29 is 4.79 Å². The van der Waals surface area contributed by atoms with Gasteiger partial charge in [-0.05, 0) is 19.4 Å². The highest BCUT2D eigenvalue weighted by molar-refractivity contribution is 5.89. The van der Waals surface area contributed by atoms with E-state index in [0.717, 1.165) is 0 Å². The van der Waals surface area contributed by atoms with Crippen molar-refractivity contribution in [3.63, 3.8) is 0 Å². The van der Waals surface area contributed by atoms with Gasteiger partial charge in [0.2, 0.25) is 5.91 Å². The fraction of sp³-hybridized carbons (Fsp3) is 0.417. The molecule has 74 valence electrons. The van der Waals surface area contributed by atoms with Gasteiger partial charge in [-0.2, -0.15) is 0 Å². The van der Waals surface area contributed by atoms with Crippen molar-refractivity contribution in [2.45, 2.75) is 19.9 Å². The average Bonchev–Trinajstić information content (AvgIpc) is 2.18. The Labute approximate surface area is 84.5 Å². The fourth-order valence-electron chi connectivity index (χ4n) is 2.38. The van der Waals surface area contributed by atoms with E-state index in [9.17, 15) is 4.79 Å². The van der Waals surface area contributed by atoms with E-state index in [0.29, 0.717) is 0 Å². The summed E-state index contributed by atoms with van der Waals surface area (Å²) in [7, 11) is 1.87. The highest BCUT2D eigenvalue weighted by Crippen LogP contribution is 2.48. The van der Waals surface area contributed by atoms with Gasteiger partial charge in [0.15, 0.2) is 0 Å². The van der Waals surface area contributed by atoms with Crippen molar-refractivity contribution in [2.75, 3.05) is 7.05 Å². The molecule has 14 heavy (non-hydrogen) atoms. The Morgan fingerprint density at radius 3 is 2.29 bits per heavy atom. The van der Waals surface area contributed by atoms with E-state index >= 15 is 0 Å². The lowest BCUT2D eigenvalue weighted by molar-refractivity contribution is -0.165. The average molecular weight is 189 g/mol. The Morgan fingerprint density at radius 1 is 1.21 bits per heavy atom. The van der Waals surface area contributed by atoms with Crippen LogP contribution in [0.25, 0.3) is 0 Å². The van der Waals surface area contributed by atoms with Gasteiger partial charge in [-0.3, -0.25) is 4.79 Å². The number of β-lactam (4-membered cyclic amide) rings is 1. The second-order valence-electron chi connectivity index (χ2n) is 4.45. The van der Waals surface area contributed by atoms with Gasteiger partial charge >= 0.3 is 0 Å². The molecule has 2 heteroatoms. The summed E-state index contributed by atoms with van der Waals surface area (Å²) in [6.07, 6.45) is 0. The van der Waals surface area contributed by atoms with E-state index in [1.807, 2.05) is 44.0 Å². The molecule has 1 aliphatic rings. The molecule has 0 bridgehead atoms. The van der Waals surface area contributed by atoms with Crippen LogP contribution >= 0.6 is 0 Å². The van der Waals surface area contributed by atoms with E-state index in [-0.39, 0.29) is 17.4 Å². The molecule has 1 saturated heterocycles. The molecule has 1 amide bonds. The Balaban J connectivity index is 2.34. The highest BCUT2D eigenvalue weighted by Gasteiger charge is 2.52. The van der Waals surface area contributed by atoms with E-state index < -0.39 is 0 Å². The van der Waals surface area contributed by atoms with Crippen LogP contribution in [-0.4, -0.2) is 17.9 Å². The quantitative estimate of drug-likeness (QED) is 0.620. The van der Waals surface area contributed by atoms with E-state index in [1.54, 1.807) is 0 Å². The smallest absolute Gasteiger partial charge is 0.230 e. The minimum absolute atomic E-state index is 0.228. The first kappa shape index (κ1) is 9.25. The van der Waals surface area contributed by atoms with Crippen LogP contribution in [0.4, 0.5) is 0 Å². The molecule has 1 aromatic rings. The minimum atomic E-state index is -0.240. The number of likely N-dealkylation sites (tertiary alicyclic amines) is 1. The van der Waals surface area contributed by atoms with Crippen LogP contribution in [-0.2, 0) is 4.79 Å². The molecule has 0 spiro atoms. The van der Waals surface area contributed by atoms with Gasteiger partial charge in [0.1, 0.15) is 0 Å². The number of carbonyl (C=O) groups is 1. The van der Waals surface area contributed by atoms with Gasteiger partial charge < -0.3 is 4.90 Å². The fourth-order valence-corrected chi connectivity index (χ4v) is 2.38. The van der Waals surface area contributed by atoms with Crippen LogP contribution in [0.1, 0.15) is 25.5 Å². The molecule has 1 aliphatic heterocycles. The van der Waals surface area contributed by atoms with Gasteiger partial charge in [-0.25, -0.2) is 0 Å². The third kappa shape index (κ3) is 1.07. The molecule has 0 unspecified atom stereocenters. The number of rotatable bonds is 1. The monoisotopic (exact) mass is 189 g/mol. The molecule has 1 heterocycles. The van der Waals surface area contributed by atoms with Crippen molar-refractivity contribution in [2.24, 2.45) is 5.41 Å². The Morgan fingerprint density at radius 2 is 1.79 bits per heavy atom. The van der Waals surface area contributed by atoms with Crippen LogP contribution in [0.3, 0.4) is 0 Å². The maximum Gasteiger partial charge on any atom is 0.230 e. The molecule has 0 N–H and O–H groups in total. The predicted molar refractivity (Wildman–Crippen MR) is 55.7 cm³/mol. The second-order valence-corrected chi connectivity index (χ2v) is 4.45. The highest BCUT2D eigenvalue weighted by atomic mass is 16.2. The molecule has 1 fully saturated rings. The van der Waals surface area contributed by atoms with Crippen molar-refractivity contribution in [1.82, 2.24) is 4.90 Å². The predicted octanol–water partition coefficient (Wildman–Crippen LogP) is 2.23. The SMILES string of the molecule is CN1C(=O)C(C)(C)[C@@H]1c1ccccc1. The van der Waals surface area contributed by atoms with E-state index in [1.165, 1.54) is 5.56 Å². The molecule has 0 aliphatic carbocycles. The summed E-state index contributed by atoms with van der Waals surface area (Å²) in [6.45, 7) is 4.01. The number of nitrogens with zero attached hydrogens (tertiary/aromatic N) is 1. The van der Waals surface area contributed by atoms with E-state index in [2.05, 4.69) is 12.1 Å².